The van der Waals surface area contributed by atoms with Crippen molar-refractivity contribution in [1.29, 1.82) is 0 Å². The summed E-state index contributed by atoms with van der Waals surface area (Å²) in [5.41, 5.74) is -0.924. The van der Waals surface area contributed by atoms with Gasteiger partial charge in [-0.25, -0.2) is 19.2 Å². The average molecular weight is 875 g/mol. The number of piperazine rings is 1. The first-order chi connectivity index (χ1) is 29.7. The Morgan fingerprint density at radius 1 is 0.905 bits per heavy atom. The number of ether oxygens (including phenoxy) is 1. The first-order valence-corrected chi connectivity index (χ1v) is 21.2. The number of carbonyl (C=O) groups is 4. The number of likely N-dealkylation sites (tertiary alicyclic amines) is 1. The highest BCUT2D eigenvalue weighted by molar-refractivity contribution is 6.04. The minimum atomic E-state index is -4.90. The van der Waals surface area contributed by atoms with E-state index in [0.29, 0.717) is 55.0 Å². The maximum atomic E-state index is 15.6. The van der Waals surface area contributed by atoms with Crippen molar-refractivity contribution in [3.05, 3.63) is 83.7 Å². The molecule has 0 bridgehead atoms. The number of hydrogen-bond acceptors (Lipinski definition) is 8. The third kappa shape index (κ3) is 9.37. The molecule has 0 spiro atoms. The number of alkyl halides is 3. The van der Waals surface area contributed by atoms with Gasteiger partial charge in [-0.3, -0.25) is 14.4 Å². The van der Waals surface area contributed by atoms with Crippen LogP contribution in [0.15, 0.2) is 60.9 Å². The van der Waals surface area contributed by atoms with E-state index in [1.54, 1.807) is 29.3 Å². The molecule has 7 rings (SSSR count). The van der Waals surface area contributed by atoms with Crippen LogP contribution in [-0.4, -0.2) is 93.4 Å². The number of hydrogen-bond donors (Lipinski definition) is 3. The van der Waals surface area contributed by atoms with Gasteiger partial charge in [0.15, 0.2) is 0 Å². The molecule has 2 saturated heterocycles. The van der Waals surface area contributed by atoms with Crippen molar-refractivity contribution >= 4 is 35.3 Å². The molecule has 2 aromatic heterocycles. The number of H-pyrrole nitrogens is 1. The maximum absolute atomic E-state index is 15.6. The Labute approximate surface area is 364 Å². The molecule has 13 nitrogen and oxygen atoms in total. The number of rotatable bonds is 10. The number of aromatic amines is 1. The predicted octanol–water partition coefficient (Wildman–Crippen LogP) is 8.31. The van der Waals surface area contributed by atoms with Gasteiger partial charge >= 0.3 is 12.3 Å². The lowest BCUT2D eigenvalue weighted by atomic mass is 9.96. The van der Waals surface area contributed by atoms with E-state index in [0.717, 1.165) is 12.5 Å². The van der Waals surface area contributed by atoms with E-state index >= 15 is 4.39 Å². The molecule has 4 heterocycles. The first-order valence-electron chi connectivity index (χ1n) is 21.2. The lowest BCUT2D eigenvalue weighted by molar-refractivity contribution is -0.137. The molecule has 1 unspecified atom stereocenters. The second-order valence-corrected chi connectivity index (χ2v) is 18.3. The van der Waals surface area contributed by atoms with Gasteiger partial charge in [0.25, 0.3) is 5.91 Å². The summed E-state index contributed by atoms with van der Waals surface area (Å²) in [4.78, 5) is 70.0. The van der Waals surface area contributed by atoms with E-state index in [-0.39, 0.29) is 58.2 Å². The first kappa shape index (κ1) is 45.0. The van der Waals surface area contributed by atoms with Crippen molar-refractivity contribution in [2.75, 3.05) is 37.0 Å². The van der Waals surface area contributed by atoms with Crippen molar-refractivity contribution in [2.45, 2.75) is 91.7 Å². The zero-order chi connectivity index (χ0) is 45.7. The summed E-state index contributed by atoms with van der Waals surface area (Å²) in [5, 5.41) is 4.92. The zero-order valence-corrected chi connectivity index (χ0v) is 36.6. The summed E-state index contributed by atoms with van der Waals surface area (Å²) in [6, 6.07) is 9.17. The second-order valence-electron chi connectivity index (χ2n) is 18.3. The fourth-order valence-electron chi connectivity index (χ4n) is 8.78. The molecule has 17 heteroatoms. The number of nitrogens with one attached hydrogen (secondary N) is 3. The van der Waals surface area contributed by atoms with Crippen molar-refractivity contribution in [3.63, 3.8) is 0 Å². The molecule has 1 aliphatic carbocycles. The molecule has 4 amide bonds. The van der Waals surface area contributed by atoms with Crippen molar-refractivity contribution in [2.24, 2.45) is 23.2 Å². The number of amides is 4. The maximum Gasteiger partial charge on any atom is 0.417 e. The molecular weight excluding hydrogens is 821 g/mol. The standard InChI is InChI=1S/C46H54F4N8O5/c1-24(2)39(55-44(62)63-8)43(61)58-21-25(3)15-37(58)40-52-20-36(53-40)29-11-9-28(10-12-29)31-16-34(47)35(17-32(31)46(48,49)50)54-41(59)30-13-14-38(51-19-30)56-22-27(5)57(23-26(56)4)42(60)33-18-45(33,6)7/h9-14,16-17,19-20,24-27,33,37,39H,15,18,21-23H2,1-8H3,(H,52,53)(H,54,59)(H,55,62)/t25-,26+,27-,33+,37-,39?/m0/s1. The number of anilines is 2. The second kappa shape index (κ2) is 17.3. The van der Waals surface area contributed by atoms with Gasteiger partial charge in [-0.2, -0.15) is 13.2 Å². The molecule has 0 radical (unpaired) electrons. The molecular formula is C46H54F4N8O5. The van der Waals surface area contributed by atoms with E-state index in [4.69, 9.17) is 4.74 Å². The molecule has 6 atom stereocenters. The van der Waals surface area contributed by atoms with E-state index < -0.39 is 52.9 Å². The highest BCUT2D eigenvalue weighted by Gasteiger charge is 2.53. The van der Waals surface area contributed by atoms with Gasteiger partial charge in [-0.15, -0.1) is 0 Å². The van der Waals surface area contributed by atoms with Crippen LogP contribution in [0.5, 0.6) is 0 Å². The quantitative estimate of drug-likeness (QED) is 0.135. The number of aromatic nitrogens is 3. The summed E-state index contributed by atoms with van der Waals surface area (Å²) in [6.45, 7) is 15.3. The van der Waals surface area contributed by atoms with Crippen molar-refractivity contribution < 1.29 is 41.5 Å². The largest absolute Gasteiger partial charge is 0.453 e. The number of halogens is 4. The molecule has 1 saturated carbocycles. The van der Waals surface area contributed by atoms with Crippen LogP contribution in [0.4, 0.5) is 33.9 Å². The molecule has 3 aliphatic rings. The summed E-state index contributed by atoms with van der Waals surface area (Å²) in [7, 11) is 1.23. The molecule has 2 aliphatic heterocycles. The van der Waals surface area contributed by atoms with Crippen molar-refractivity contribution in [3.8, 4) is 22.4 Å². The van der Waals surface area contributed by atoms with Crippen LogP contribution in [0.25, 0.3) is 22.4 Å². The van der Waals surface area contributed by atoms with Gasteiger partial charge in [-0.1, -0.05) is 58.9 Å². The van der Waals surface area contributed by atoms with Gasteiger partial charge in [0, 0.05) is 43.8 Å². The Kier molecular flexibility index (Phi) is 12.4. The minimum absolute atomic E-state index is 0.0204. The normalized spacial score (nSPS) is 22.5. The van der Waals surface area contributed by atoms with Gasteiger partial charge in [0.05, 0.1) is 41.9 Å². The fraction of sp³-hybridized carbons (Fsp3) is 0.478. The Hall–Kier alpha value is -6.00. The summed E-state index contributed by atoms with van der Waals surface area (Å²) >= 11 is 0. The van der Waals surface area contributed by atoms with Crippen LogP contribution in [-0.2, 0) is 20.5 Å². The van der Waals surface area contributed by atoms with Crippen LogP contribution >= 0.6 is 0 Å². The third-order valence-corrected chi connectivity index (χ3v) is 12.6. The third-order valence-electron chi connectivity index (χ3n) is 12.6. The molecule has 63 heavy (non-hydrogen) atoms. The number of benzene rings is 2. The van der Waals surface area contributed by atoms with Crippen LogP contribution in [0.2, 0.25) is 0 Å². The van der Waals surface area contributed by atoms with Crippen LogP contribution < -0.4 is 15.5 Å². The van der Waals surface area contributed by atoms with E-state index in [1.807, 2.05) is 44.4 Å². The SMILES string of the molecule is COC(=O)NC(C(=O)N1C[C@@H](C)C[C@H]1c1ncc(-c2ccc(-c3cc(F)c(NC(=O)c4ccc(N5C[C@H](C)N(C(=O)[C@H]6CC6(C)C)C[C@H]5C)nc4)cc3C(F)(F)F)cc2)[nH]1)C(C)C. The highest BCUT2D eigenvalue weighted by Crippen LogP contribution is 2.53. The Bertz CT molecular complexity index is 2370. The zero-order valence-electron chi connectivity index (χ0n) is 36.6. The lowest BCUT2D eigenvalue weighted by Crippen LogP contribution is -2.59. The number of pyridine rings is 1. The topological polar surface area (TPSA) is 153 Å². The summed E-state index contributed by atoms with van der Waals surface area (Å²) < 4.78 is 64.1. The summed E-state index contributed by atoms with van der Waals surface area (Å²) in [6.07, 6.45) is -1.25. The average Bonchev–Trinajstić information content (AvgIpc) is 3.52. The van der Waals surface area contributed by atoms with Gasteiger partial charge in [0.1, 0.15) is 23.5 Å². The number of nitrogens with zero attached hydrogens (tertiary/aromatic N) is 5. The summed E-state index contributed by atoms with van der Waals surface area (Å²) in [5.74, 6) is -0.945. The molecule has 2 aromatic carbocycles. The highest BCUT2D eigenvalue weighted by atomic mass is 19.4. The molecule has 336 valence electrons. The predicted molar refractivity (Wildman–Crippen MR) is 229 cm³/mol. The van der Waals surface area contributed by atoms with Gasteiger partial charge in [0.2, 0.25) is 11.8 Å². The Morgan fingerprint density at radius 3 is 2.19 bits per heavy atom. The van der Waals surface area contributed by atoms with E-state index in [9.17, 15) is 32.3 Å². The smallest absolute Gasteiger partial charge is 0.417 e. The Morgan fingerprint density at radius 2 is 1.59 bits per heavy atom. The van der Waals surface area contributed by atoms with E-state index in [2.05, 4.69) is 39.4 Å². The van der Waals surface area contributed by atoms with E-state index in [1.165, 1.54) is 31.5 Å². The van der Waals surface area contributed by atoms with Gasteiger partial charge < -0.3 is 35.1 Å². The lowest BCUT2D eigenvalue weighted by Gasteiger charge is -2.45. The molecule has 3 fully saturated rings. The number of carbonyl (C=O) groups excluding carboxylic acids is 4. The monoisotopic (exact) mass is 874 g/mol. The number of alkyl carbamates (subject to hydrolysis) is 1. The van der Waals surface area contributed by atoms with Crippen LogP contribution in [0.3, 0.4) is 0 Å². The van der Waals surface area contributed by atoms with Gasteiger partial charge in [-0.05, 0) is 84.9 Å². The number of methoxy groups -OCH3 is 1. The van der Waals surface area contributed by atoms with Crippen molar-refractivity contribution in [1.82, 2.24) is 30.1 Å². The molecule has 3 N–H and O–H groups in total. The fourth-order valence-corrected chi connectivity index (χ4v) is 8.78. The molecule has 4 aromatic rings. The van der Waals surface area contributed by atoms with Crippen LogP contribution in [0, 0.1) is 29.0 Å². The number of imidazole rings is 1. The Balaban J connectivity index is 1.04. The van der Waals surface area contributed by atoms with Crippen LogP contribution in [0.1, 0.15) is 89.1 Å². The minimum Gasteiger partial charge on any atom is -0.453 e.